The molecular weight excluding hydrogens is 392 g/mol. The van der Waals surface area contributed by atoms with E-state index in [0.29, 0.717) is 17.7 Å². The lowest BCUT2D eigenvalue weighted by Gasteiger charge is -2.22. The minimum absolute atomic E-state index is 0.0155. The summed E-state index contributed by atoms with van der Waals surface area (Å²) in [5.41, 5.74) is 0.745. The van der Waals surface area contributed by atoms with Gasteiger partial charge in [-0.15, -0.1) is 0 Å². The minimum Gasteiger partial charge on any atom is -0.480 e. The number of sulfone groups is 1. The Labute approximate surface area is 169 Å². The Morgan fingerprint density at radius 3 is 2.28 bits per heavy atom. The number of carbonyl (C=O) groups excluding carboxylic acids is 1. The molecule has 1 heterocycles. The third-order valence-corrected chi connectivity index (χ3v) is 6.82. The van der Waals surface area contributed by atoms with Gasteiger partial charge in [0.25, 0.3) is 5.91 Å². The third kappa shape index (κ3) is 3.88. The molecule has 152 valence electrons. The van der Waals surface area contributed by atoms with Gasteiger partial charge in [0.2, 0.25) is 9.84 Å². The van der Waals surface area contributed by atoms with Crippen LogP contribution >= 0.6 is 0 Å². The van der Waals surface area contributed by atoms with E-state index in [1.165, 1.54) is 6.07 Å². The van der Waals surface area contributed by atoms with E-state index in [1.807, 2.05) is 6.92 Å². The van der Waals surface area contributed by atoms with E-state index in [1.54, 1.807) is 55.5 Å². The molecule has 0 unspecified atom stereocenters. The number of aliphatic carboxylic acids is 1. The van der Waals surface area contributed by atoms with Crippen LogP contribution in [0.25, 0.3) is 5.70 Å². The van der Waals surface area contributed by atoms with E-state index >= 15 is 0 Å². The van der Waals surface area contributed by atoms with Crippen LogP contribution in [-0.4, -0.2) is 31.4 Å². The zero-order valence-corrected chi connectivity index (χ0v) is 16.9. The van der Waals surface area contributed by atoms with Gasteiger partial charge in [0, 0.05) is 11.3 Å². The first-order valence-corrected chi connectivity index (χ1v) is 10.7. The van der Waals surface area contributed by atoms with Crippen LogP contribution in [0.2, 0.25) is 0 Å². The van der Waals surface area contributed by atoms with Crippen molar-refractivity contribution in [1.29, 1.82) is 0 Å². The standard InChI is InChI=1S/C21H22N2O5S/c1-3-13(2)17(21(25)26)23-18-15-11-7-8-12-16(15)29(27,28)19(18)20(24)22-14-9-5-4-6-10-14/h4-13,17,23H,3H2,1-2H3,(H,22,24)(H,25,26)/t13-,17+/m0/s1. The minimum atomic E-state index is -4.11. The smallest absolute Gasteiger partial charge is 0.326 e. The number of nitrogens with one attached hydrogen (secondary N) is 2. The fourth-order valence-electron chi connectivity index (χ4n) is 3.20. The van der Waals surface area contributed by atoms with Crippen molar-refractivity contribution in [3.05, 3.63) is 65.1 Å². The molecule has 0 aliphatic carbocycles. The summed E-state index contributed by atoms with van der Waals surface area (Å²) < 4.78 is 26.2. The van der Waals surface area contributed by atoms with Gasteiger partial charge < -0.3 is 15.7 Å². The van der Waals surface area contributed by atoms with Crippen LogP contribution in [0.1, 0.15) is 25.8 Å². The number of carbonyl (C=O) groups is 2. The molecule has 0 saturated carbocycles. The van der Waals surface area contributed by atoms with Gasteiger partial charge in [-0.1, -0.05) is 56.7 Å². The maximum absolute atomic E-state index is 13.1. The molecule has 1 aliphatic rings. The molecule has 2 atom stereocenters. The number of hydrogen-bond donors (Lipinski definition) is 3. The van der Waals surface area contributed by atoms with Crippen molar-refractivity contribution in [3.63, 3.8) is 0 Å². The van der Waals surface area contributed by atoms with Crippen molar-refractivity contribution < 1.29 is 23.1 Å². The second-order valence-corrected chi connectivity index (χ2v) is 8.72. The SMILES string of the molecule is CC[C@H](C)[C@@H](NC1=C(C(=O)Nc2ccccc2)S(=O)(=O)c2ccccc21)C(=O)O. The van der Waals surface area contributed by atoms with Crippen LogP contribution in [-0.2, 0) is 19.4 Å². The molecule has 1 aliphatic heterocycles. The predicted molar refractivity (Wildman–Crippen MR) is 110 cm³/mol. The van der Waals surface area contributed by atoms with Crippen LogP contribution < -0.4 is 10.6 Å². The molecule has 0 radical (unpaired) electrons. The Bertz CT molecular complexity index is 1080. The number of para-hydroxylation sites is 1. The molecule has 0 spiro atoms. The van der Waals surface area contributed by atoms with Gasteiger partial charge in [-0.25, -0.2) is 13.2 Å². The van der Waals surface area contributed by atoms with Crippen LogP contribution in [0.5, 0.6) is 0 Å². The number of hydrogen-bond acceptors (Lipinski definition) is 5. The van der Waals surface area contributed by atoms with Crippen molar-refractivity contribution in [3.8, 4) is 0 Å². The summed E-state index contributed by atoms with van der Waals surface area (Å²) in [7, 11) is -4.11. The van der Waals surface area contributed by atoms with Gasteiger partial charge in [-0.3, -0.25) is 4.79 Å². The lowest BCUT2D eigenvalue weighted by Crippen LogP contribution is -2.41. The van der Waals surface area contributed by atoms with Crippen molar-refractivity contribution >= 4 is 33.1 Å². The number of fused-ring (bicyclic) bond motifs is 1. The highest BCUT2D eigenvalue weighted by atomic mass is 32.2. The average molecular weight is 414 g/mol. The Balaban J connectivity index is 2.12. The van der Waals surface area contributed by atoms with E-state index in [0.717, 1.165) is 0 Å². The maximum atomic E-state index is 13.1. The lowest BCUT2D eigenvalue weighted by molar-refractivity contribution is -0.140. The monoisotopic (exact) mass is 414 g/mol. The molecule has 0 fully saturated rings. The average Bonchev–Trinajstić information content (AvgIpc) is 2.93. The highest BCUT2D eigenvalue weighted by Crippen LogP contribution is 2.38. The molecule has 0 bridgehead atoms. The molecule has 0 saturated heterocycles. The summed E-state index contributed by atoms with van der Waals surface area (Å²) in [5.74, 6) is -2.21. The van der Waals surface area contributed by atoms with Crippen molar-refractivity contribution in [1.82, 2.24) is 5.32 Å². The highest BCUT2D eigenvalue weighted by Gasteiger charge is 2.41. The van der Waals surface area contributed by atoms with E-state index in [4.69, 9.17) is 0 Å². The molecule has 2 aromatic rings. The topological polar surface area (TPSA) is 113 Å². The van der Waals surface area contributed by atoms with E-state index in [2.05, 4.69) is 10.6 Å². The number of amides is 1. The quantitative estimate of drug-likeness (QED) is 0.642. The van der Waals surface area contributed by atoms with E-state index in [-0.39, 0.29) is 16.5 Å². The number of carboxylic acid groups (broad SMARTS) is 1. The summed E-state index contributed by atoms with van der Waals surface area (Å²) in [6.45, 7) is 3.60. The molecule has 3 N–H and O–H groups in total. The van der Waals surface area contributed by atoms with Crippen LogP contribution in [0.3, 0.4) is 0 Å². The number of carboxylic acids is 1. The summed E-state index contributed by atoms with van der Waals surface area (Å²) in [6.07, 6.45) is 0.567. The molecule has 29 heavy (non-hydrogen) atoms. The van der Waals surface area contributed by atoms with E-state index in [9.17, 15) is 23.1 Å². The second-order valence-electron chi connectivity index (χ2n) is 6.87. The summed E-state index contributed by atoms with van der Waals surface area (Å²) in [5, 5.41) is 15.1. The summed E-state index contributed by atoms with van der Waals surface area (Å²) in [4.78, 5) is 24.3. The molecule has 3 rings (SSSR count). The van der Waals surface area contributed by atoms with Crippen molar-refractivity contribution in [2.45, 2.75) is 31.2 Å². The Morgan fingerprint density at radius 1 is 1.03 bits per heavy atom. The first kappa shape index (κ1) is 20.6. The molecule has 8 heteroatoms. The first-order chi connectivity index (χ1) is 13.8. The first-order valence-electron chi connectivity index (χ1n) is 9.21. The maximum Gasteiger partial charge on any atom is 0.326 e. The van der Waals surface area contributed by atoms with Gasteiger partial charge in [0.1, 0.15) is 6.04 Å². The van der Waals surface area contributed by atoms with Gasteiger partial charge >= 0.3 is 5.97 Å². The van der Waals surface area contributed by atoms with Crippen LogP contribution in [0.15, 0.2) is 64.4 Å². The van der Waals surface area contributed by atoms with Crippen LogP contribution in [0.4, 0.5) is 5.69 Å². The predicted octanol–water partition coefficient (Wildman–Crippen LogP) is 2.87. The van der Waals surface area contributed by atoms with Crippen molar-refractivity contribution in [2.75, 3.05) is 5.32 Å². The molecule has 2 aromatic carbocycles. The fraction of sp³-hybridized carbons (Fsp3) is 0.238. The number of anilines is 1. The van der Waals surface area contributed by atoms with Gasteiger partial charge in [-0.05, 0) is 24.1 Å². The van der Waals surface area contributed by atoms with Gasteiger partial charge in [0.15, 0.2) is 4.91 Å². The largest absolute Gasteiger partial charge is 0.480 e. The molecule has 0 aromatic heterocycles. The van der Waals surface area contributed by atoms with Gasteiger partial charge in [0.05, 0.1) is 10.6 Å². The zero-order chi connectivity index (χ0) is 21.2. The Hall–Kier alpha value is -3.13. The fourth-order valence-corrected chi connectivity index (χ4v) is 4.87. The van der Waals surface area contributed by atoms with E-state index < -0.39 is 32.7 Å². The molecule has 1 amide bonds. The molecule has 7 nitrogen and oxygen atoms in total. The Morgan fingerprint density at radius 2 is 1.66 bits per heavy atom. The second kappa shape index (κ2) is 8.08. The van der Waals surface area contributed by atoms with Gasteiger partial charge in [-0.2, -0.15) is 0 Å². The highest BCUT2D eigenvalue weighted by molar-refractivity contribution is 7.97. The number of rotatable bonds is 7. The lowest BCUT2D eigenvalue weighted by atomic mass is 9.98. The summed E-state index contributed by atoms with van der Waals surface area (Å²) in [6, 6.07) is 13.6. The Kier molecular flexibility index (Phi) is 5.74. The molecular formula is C21H22N2O5S. The zero-order valence-electron chi connectivity index (χ0n) is 16.0. The van der Waals surface area contributed by atoms with Crippen molar-refractivity contribution in [2.24, 2.45) is 5.92 Å². The third-order valence-electron chi connectivity index (χ3n) is 4.96. The number of benzene rings is 2. The summed E-state index contributed by atoms with van der Waals surface area (Å²) >= 11 is 0. The normalized spacial score (nSPS) is 16.6. The van der Waals surface area contributed by atoms with Crippen LogP contribution in [0, 0.1) is 5.92 Å².